The fourth-order valence-corrected chi connectivity index (χ4v) is 7.46. The van der Waals surface area contributed by atoms with E-state index in [1.54, 1.807) is 10.4 Å². The number of ether oxygens (including phenoxy) is 1. The molecule has 2 unspecified atom stereocenters. The third kappa shape index (κ3) is 2.94. The number of rotatable bonds is 4. The summed E-state index contributed by atoms with van der Waals surface area (Å²) in [6.07, 6.45) is 2.97. The van der Waals surface area contributed by atoms with Gasteiger partial charge in [-0.05, 0) is 48.3 Å². The number of thiophene rings is 1. The molecule has 3 rings (SSSR count). The van der Waals surface area contributed by atoms with Crippen LogP contribution in [-0.2, 0) is 21.3 Å². The van der Waals surface area contributed by atoms with Crippen molar-refractivity contribution in [1.82, 2.24) is 9.62 Å². The quantitative estimate of drug-likeness (QED) is 0.849. The highest BCUT2D eigenvalue weighted by atomic mass is 79.9. The van der Waals surface area contributed by atoms with Gasteiger partial charge >= 0.3 is 0 Å². The van der Waals surface area contributed by atoms with Gasteiger partial charge in [0.2, 0.25) is 10.0 Å². The lowest BCUT2D eigenvalue weighted by atomic mass is 10.2. The summed E-state index contributed by atoms with van der Waals surface area (Å²) in [6, 6.07) is 1.78. The molecule has 1 aromatic heterocycles. The maximum absolute atomic E-state index is 13.0. The molecular formula is C13H19BrN2O3S2. The van der Waals surface area contributed by atoms with Gasteiger partial charge in [-0.1, -0.05) is 0 Å². The summed E-state index contributed by atoms with van der Waals surface area (Å²) in [5.74, 6) is 0. The third-order valence-electron chi connectivity index (χ3n) is 4.08. The predicted octanol–water partition coefficient (Wildman–Crippen LogP) is 2.17. The van der Waals surface area contributed by atoms with Gasteiger partial charge in [0.25, 0.3) is 0 Å². The van der Waals surface area contributed by atoms with E-state index in [0.29, 0.717) is 28.4 Å². The number of hydrogen-bond acceptors (Lipinski definition) is 5. The fraction of sp³-hybridized carbons (Fsp3) is 0.692. The average molecular weight is 395 g/mol. The zero-order valence-electron chi connectivity index (χ0n) is 11.8. The molecule has 0 bridgehead atoms. The van der Waals surface area contributed by atoms with Crippen molar-refractivity contribution in [2.45, 2.75) is 42.8 Å². The molecule has 1 saturated carbocycles. The zero-order valence-corrected chi connectivity index (χ0v) is 15.1. The number of hydrogen-bond donors (Lipinski definition) is 1. The summed E-state index contributed by atoms with van der Waals surface area (Å²) in [7, 11) is -1.60. The molecule has 0 amide bonds. The Balaban J connectivity index is 1.92. The van der Waals surface area contributed by atoms with E-state index in [2.05, 4.69) is 21.2 Å². The Hall–Kier alpha value is 0.01000. The topological polar surface area (TPSA) is 58.6 Å². The monoisotopic (exact) mass is 394 g/mol. The highest BCUT2D eigenvalue weighted by Gasteiger charge is 2.43. The molecule has 8 heteroatoms. The number of fused-ring (bicyclic) bond motifs is 1. The first kappa shape index (κ1) is 15.9. The van der Waals surface area contributed by atoms with Crippen LogP contribution in [0.5, 0.6) is 0 Å². The molecule has 2 heterocycles. The van der Waals surface area contributed by atoms with E-state index in [0.717, 1.165) is 24.1 Å². The molecule has 1 aliphatic heterocycles. The number of nitrogens with one attached hydrogen (secondary N) is 1. The minimum absolute atomic E-state index is 0.00306. The third-order valence-corrected chi connectivity index (χ3v) is 8.25. The van der Waals surface area contributed by atoms with Crippen molar-refractivity contribution in [3.63, 3.8) is 0 Å². The normalized spacial score (nSPS) is 27.0. The van der Waals surface area contributed by atoms with E-state index in [-0.39, 0.29) is 12.1 Å². The van der Waals surface area contributed by atoms with E-state index < -0.39 is 10.0 Å². The van der Waals surface area contributed by atoms with Gasteiger partial charge in [0.05, 0.1) is 22.5 Å². The van der Waals surface area contributed by atoms with E-state index in [1.165, 1.54) is 11.3 Å². The first-order chi connectivity index (χ1) is 10.0. The summed E-state index contributed by atoms with van der Waals surface area (Å²) < 4.78 is 34.0. The maximum Gasteiger partial charge on any atom is 0.245 e. The summed E-state index contributed by atoms with van der Waals surface area (Å²) in [4.78, 5) is 1.41. The molecule has 2 atom stereocenters. The lowest BCUT2D eigenvalue weighted by Crippen LogP contribution is -2.51. The molecule has 5 nitrogen and oxygen atoms in total. The Kier molecular flexibility index (Phi) is 4.73. The molecule has 2 aliphatic rings. The van der Waals surface area contributed by atoms with E-state index in [4.69, 9.17) is 4.74 Å². The van der Waals surface area contributed by atoms with Gasteiger partial charge < -0.3 is 10.1 Å². The largest absolute Gasteiger partial charge is 0.375 e. The average Bonchev–Trinajstić information content (AvgIpc) is 3.05. The predicted molar refractivity (Wildman–Crippen MR) is 86.1 cm³/mol. The first-order valence-corrected chi connectivity index (χ1v) is 10.1. The molecule has 1 N–H and O–H groups in total. The second-order valence-electron chi connectivity index (χ2n) is 5.40. The van der Waals surface area contributed by atoms with Crippen LogP contribution < -0.4 is 5.32 Å². The highest BCUT2D eigenvalue weighted by Crippen LogP contribution is 2.38. The molecule has 0 spiro atoms. The van der Waals surface area contributed by atoms with Crippen LogP contribution in [0.2, 0.25) is 0 Å². The van der Waals surface area contributed by atoms with Crippen molar-refractivity contribution >= 4 is 37.3 Å². The Morgan fingerprint density at radius 3 is 3.10 bits per heavy atom. The second-order valence-corrected chi connectivity index (χ2v) is 9.72. The Morgan fingerprint density at radius 1 is 1.52 bits per heavy atom. The van der Waals surface area contributed by atoms with Crippen LogP contribution in [-0.4, -0.2) is 45.1 Å². The summed E-state index contributed by atoms with van der Waals surface area (Å²) >= 11 is 4.89. The Morgan fingerprint density at radius 2 is 2.33 bits per heavy atom. The van der Waals surface area contributed by atoms with Crippen molar-refractivity contribution in [2.75, 3.05) is 20.2 Å². The number of nitrogens with zero attached hydrogens (tertiary/aromatic N) is 1. The zero-order chi connectivity index (χ0) is 15.0. The van der Waals surface area contributed by atoms with Gasteiger partial charge in [0, 0.05) is 18.0 Å². The van der Waals surface area contributed by atoms with Gasteiger partial charge in [0.15, 0.2) is 0 Å². The minimum atomic E-state index is -3.46. The van der Waals surface area contributed by atoms with Crippen molar-refractivity contribution < 1.29 is 13.2 Å². The molecule has 1 saturated heterocycles. The van der Waals surface area contributed by atoms with Gasteiger partial charge in [-0.15, -0.1) is 11.3 Å². The molecule has 118 valence electrons. The summed E-state index contributed by atoms with van der Waals surface area (Å²) in [5.41, 5.74) is 0. The number of sulfonamides is 1. The van der Waals surface area contributed by atoms with Crippen molar-refractivity contribution in [1.29, 1.82) is 0 Å². The first-order valence-electron chi connectivity index (χ1n) is 7.10. The van der Waals surface area contributed by atoms with E-state index in [1.807, 2.05) is 7.05 Å². The number of halogens is 1. The second kappa shape index (κ2) is 6.25. The van der Waals surface area contributed by atoms with Crippen LogP contribution in [0.25, 0.3) is 0 Å². The summed E-state index contributed by atoms with van der Waals surface area (Å²) in [6.45, 7) is 1.62. The van der Waals surface area contributed by atoms with Crippen LogP contribution in [0, 0.1) is 0 Å². The van der Waals surface area contributed by atoms with Crippen molar-refractivity contribution in [3.05, 3.63) is 14.7 Å². The van der Waals surface area contributed by atoms with Crippen LogP contribution in [0.4, 0.5) is 0 Å². The minimum Gasteiger partial charge on any atom is -0.375 e. The van der Waals surface area contributed by atoms with Gasteiger partial charge in [-0.25, -0.2) is 8.42 Å². The molecule has 21 heavy (non-hydrogen) atoms. The highest BCUT2D eigenvalue weighted by molar-refractivity contribution is 9.11. The maximum atomic E-state index is 13.0. The number of morpholine rings is 1. The Labute approximate surface area is 137 Å². The van der Waals surface area contributed by atoms with Crippen LogP contribution >= 0.6 is 27.3 Å². The van der Waals surface area contributed by atoms with E-state index >= 15 is 0 Å². The lowest BCUT2D eigenvalue weighted by Gasteiger charge is -2.36. The van der Waals surface area contributed by atoms with Gasteiger partial charge in [-0.3, -0.25) is 0 Å². The lowest BCUT2D eigenvalue weighted by molar-refractivity contribution is -0.0241. The molecule has 2 fully saturated rings. The summed E-state index contributed by atoms with van der Waals surface area (Å²) in [5, 5.41) is 3.05. The van der Waals surface area contributed by atoms with E-state index in [9.17, 15) is 8.42 Å². The van der Waals surface area contributed by atoms with Crippen LogP contribution in [0.3, 0.4) is 0 Å². The molecular weight excluding hydrogens is 376 g/mol. The van der Waals surface area contributed by atoms with Gasteiger partial charge in [-0.2, -0.15) is 4.31 Å². The van der Waals surface area contributed by atoms with Gasteiger partial charge in [0.1, 0.15) is 4.90 Å². The fourth-order valence-electron chi connectivity index (χ4n) is 3.15. The van der Waals surface area contributed by atoms with Crippen LogP contribution in [0.15, 0.2) is 14.7 Å². The van der Waals surface area contributed by atoms with Crippen molar-refractivity contribution in [3.8, 4) is 0 Å². The SMILES string of the molecule is CNCc1cc(S(=O)(=O)N2CCOC3CCCC32)c(Br)s1. The van der Waals surface area contributed by atoms with Crippen molar-refractivity contribution in [2.24, 2.45) is 0 Å². The molecule has 0 radical (unpaired) electrons. The standard InChI is InChI=1S/C13H19BrN2O3S2/c1-15-8-9-7-12(13(14)20-9)21(17,18)16-5-6-19-11-4-2-3-10(11)16/h7,10-11,15H,2-6,8H2,1H3. The molecule has 1 aliphatic carbocycles. The molecule has 1 aromatic rings. The Bertz CT molecular complexity index is 617. The van der Waals surface area contributed by atoms with Crippen LogP contribution in [0.1, 0.15) is 24.1 Å². The smallest absolute Gasteiger partial charge is 0.245 e. The molecule has 0 aromatic carbocycles.